The molecular weight excluding hydrogens is 667 g/mol. The molecule has 0 radical (unpaired) electrons. The number of aromatic nitrogens is 3. The molecule has 1 heterocycles. The maximum atomic E-state index is 5.31. The van der Waals surface area contributed by atoms with Gasteiger partial charge in [-0.3, -0.25) is 0 Å². The third-order valence-corrected chi connectivity index (χ3v) is 11.7. The van der Waals surface area contributed by atoms with Crippen LogP contribution >= 0.6 is 0 Å². The average Bonchev–Trinajstić information content (AvgIpc) is 3.48. The lowest BCUT2D eigenvalue weighted by Crippen LogP contribution is -2.15. The van der Waals surface area contributed by atoms with Crippen LogP contribution in [0, 0.1) is 0 Å². The molecule has 9 aromatic carbocycles. The number of hydrogen-bond donors (Lipinski definition) is 0. The molecule has 1 aliphatic rings. The van der Waals surface area contributed by atoms with E-state index in [0.717, 1.165) is 33.0 Å². The second-order valence-electron chi connectivity index (χ2n) is 15.2. The van der Waals surface area contributed by atoms with E-state index in [1.807, 2.05) is 0 Å². The van der Waals surface area contributed by atoms with Crippen LogP contribution in [0.25, 0.3) is 99.5 Å². The monoisotopic (exact) mass is 701 g/mol. The zero-order valence-corrected chi connectivity index (χ0v) is 30.6. The van der Waals surface area contributed by atoms with Gasteiger partial charge in [0.2, 0.25) is 0 Å². The van der Waals surface area contributed by atoms with Crippen LogP contribution in [0.1, 0.15) is 25.0 Å². The summed E-state index contributed by atoms with van der Waals surface area (Å²) in [7, 11) is 0. The maximum absolute atomic E-state index is 5.31. The first-order valence-corrected chi connectivity index (χ1v) is 18.9. The van der Waals surface area contributed by atoms with Crippen LogP contribution < -0.4 is 0 Å². The summed E-state index contributed by atoms with van der Waals surface area (Å²) in [6.45, 7) is 4.63. The van der Waals surface area contributed by atoms with Crippen molar-refractivity contribution in [2.75, 3.05) is 0 Å². The summed E-state index contributed by atoms with van der Waals surface area (Å²) in [4.78, 5) is 15.9. The Kier molecular flexibility index (Phi) is 6.90. The van der Waals surface area contributed by atoms with Gasteiger partial charge in [0, 0.05) is 22.1 Å². The van der Waals surface area contributed by atoms with Crippen molar-refractivity contribution in [1.29, 1.82) is 0 Å². The van der Waals surface area contributed by atoms with Crippen molar-refractivity contribution in [3.05, 3.63) is 187 Å². The van der Waals surface area contributed by atoms with Crippen molar-refractivity contribution in [3.63, 3.8) is 0 Å². The molecule has 0 atom stereocenters. The van der Waals surface area contributed by atoms with Crippen molar-refractivity contribution in [2.24, 2.45) is 0 Å². The summed E-state index contributed by atoms with van der Waals surface area (Å²) in [6.07, 6.45) is 0. The highest BCUT2D eigenvalue weighted by molar-refractivity contribution is 6.14. The number of rotatable bonds is 4. The topological polar surface area (TPSA) is 38.7 Å². The van der Waals surface area contributed by atoms with Crippen LogP contribution in [-0.4, -0.2) is 15.0 Å². The van der Waals surface area contributed by atoms with Crippen LogP contribution in [0.4, 0.5) is 0 Å². The van der Waals surface area contributed by atoms with Crippen molar-refractivity contribution >= 4 is 43.1 Å². The standard InChI is InChI=1S/C52H35N3/c1-52(2)47-25-12-11-24-43(47)44-27-26-36(31-48(44)52)50-53-49(54-51(55-50)46-30-34-15-4-6-19-38(34)40-21-8-10-23-42(40)46)35-17-13-16-32(28-35)45-29-33-14-3-5-18-37(33)39-20-7-9-22-41(39)45/h3-31H,1-2H3. The predicted octanol–water partition coefficient (Wildman–Crippen LogP) is 13.5. The summed E-state index contributed by atoms with van der Waals surface area (Å²) in [5.41, 5.74) is 10.3. The van der Waals surface area contributed by atoms with Gasteiger partial charge in [-0.1, -0.05) is 166 Å². The first-order valence-electron chi connectivity index (χ1n) is 18.9. The molecule has 11 rings (SSSR count). The first-order chi connectivity index (χ1) is 27.0. The summed E-state index contributed by atoms with van der Waals surface area (Å²) < 4.78 is 0. The fourth-order valence-corrected chi connectivity index (χ4v) is 8.96. The minimum Gasteiger partial charge on any atom is -0.208 e. The SMILES string of the molecule is CC1(C)c2ccccc2-c2ccc(-c3nc(-c4cccc(-c5cc6ccccc6c6ccccc56)c4)nc(-c4cc5ccccc5c5ccccc45)n3)cc21. The Morgan fingerprint density at radius 1 is 0.309 bits per heavy atom. The molecule has 0 saturated carbocycles. The molecule has 0 aliphatic heterocycles. The minimum absolute atomic E-state index is 0.147. The lowest BCUT2D eigenvalue weighted by molar-refractivity contribution is 0.660. The minimum atomic E-state index is -0.147. The highest BCUT2D eigenvalue weighted by Crippen LogP contribution is 2.49. The molecule has 0 fully saturated rings. The predicted molar refractivity (Wildman–Crippen MR) is 229 cm³/mol. The van der Waals surface area contributed by atoms with E-state index < -0.39 is 0 Å². The van der Waals surface area contributed by atoms with Gasteiger partial charge in [-0.15, -0.1) is 0 Å². The van der Waals surface area contributed by atoms with Crippen LogP contribution in [0.15, 0.2) is 176 Å². The van der Waals surface area contributed by atoms with Gasteiger partial charge in [0.15, 0.2) is 17.5 Å². The maximum Gasteiger partial charge on any atom is 0.164 e. The molecule has 0 N–H and O–H groups in total. The van der Waals surface area contributed by atoms with Crippen molar-refractivity contribution in [1.82, 2.24) is 15.0 Å². The molecule has 0 saturated heterocycles. The zero-order chi connectivity index (χ0) is 36.7. The summed E-state index contributed by atoms with van der Waals surface area (Å²) in [6, 6.07) is 63.2. The zero-order valence-electron chi connectivity index (χ0n) is 30.6. The molecule has 0 unspecified atom stereocenters. The Labute approximate surface area is 319 Å². The van der Waals surface area contributed by atoms with Gasteiger partial charge in [-0.25, -0.2) is 15.0 Å². The second kappa shape index (κ2) is 12.0. The molecule has 55 heavy (non-hydrogen) atoms. The van der Waals surface area contributed by atoms with Gasteiger partial charge in [-0.05, 0) is 101 Å². The average molecular weight is 702 g/mol. The Hall–Kier alpha value is -6.97. The largest absolute Gasteiger partial charge is 0.208 e. The van der Waals surface area contributed by atoms with E-state index in [1.165, 1.54) is 60.1 Å². The van der Waals surface area contributed by atoms with Crippen molar-refractivity contribution in [3.8, 4) is 56.4 Å². The highest BCUT2D eigenvalue weighted by atomic mass is 15.0. The molecule has 0 amide bonds. The Balaban J connectivity index is 1.14. The van der Waals surface area contributed by atoms with Gasteiger partial charge in [0.05, 0.1) is 0 Å². The Morgan fingerprint density at radius 2 is 0.800 bits per heavy atom. The van der Waals surface area contributed by atoms with Gasteiger partial charge >= 0.3 is 0 Å². The quantitative estimate of drug-likeness (QED) is 0.171. The van der Waals surface area contributed by atoms with Crippen molar-refractivity contribution < 1.29 is 0 Å². The van der Waals surface area contributed by atoms with E-state index in [2.05, 4.69) is 190 Å². The molecule has 258 valence electrons. The lowest BCUT2D eigenvalue weighted by Gasteiger charge is -2.21. The second-order valence-corrected chi connectivity index (χ2v) is 15.2. The van der Waals surface area contributed by atoms with E-state index in [9.17, 15) is 0 Å². The number of fused-ring (bicyclic) bond motifs is 9. The van der Waals surface area contributed by atoms with E-state index in [-0.39, 0.29) is 5.41 Å². The molecule has 1 aliphatic carbocycles. The molecule has 0 bridgehead atoms. The molecular formula is C52H35N3. The van der Waals surface area contributed by atoms with Crippen LogP contribution in [0.2, 0.25) is 0 Å². The van der Waals surface area contributed by atoms with E-state index in [4.69, 9.17) is 15.0 Å². The smallest absolute Gasteiger partial charge is 0.164 e. The summed E-state index contributed by atoms with van der Waals surface area (Å²) in [5, 5.41) is 9.61. The Bertz CT molecular complexity index is 3190. The first kappa shape index (κ1) is 31.5. The van der Waals surface area contributed by atoms with E-state index in [1.54, 1.807) is 0 Å². The third-order valence-electron chi connectivity index (χ3n) is 11.7. The van der Waals surface area contributed by atoms with Gasteiger partial charge in [-0.2, -0.15) is 0 Å². The van der Waals surface area contributed by atoms with Crippen LogP contribution in [0.5, 0.6) is 0 Å². The summed E-state index contributed by atoms with van der Waals surface area (Å²) in [5.74, 6) is 1.96. The lowest BCUT2D eigenvalue weighted by atomic mass is 9.82. The fourth-order valence-electron chi connectivity index (χ4n) is 8.96. The number of hydrogen-bond acceptors (Lipinski definition) is 3. The molecule has 3 heteroatoms. The number of benzene rings is 9. The van der Waals surface area contributed by atoms with E-state index >= 15 is 0 Å². The molecule has 10 aromatic rings. The Morgan fingerprint density at radius 3 is 1.49 bits per heavy atom. The summed E-state index contributed by atoms with van der Waals surface area (Å²) >= 11 is 0. The third kappa shape index (κ3) is 4.93. The van der Waals surface area contributed by atoms with Crippen LogP contribution in [0.3, 0.4) is 0 Å². The molecule has 0 spiro atoms. The van der Waals surface area contributed by atoms with E-state index in [0.29, 0.717) is 17.5 Å². The van der Waals surface area contributed by atoms with Gasteiger partial charge in [0.25, 0.3) is 0 Å². The number of nitrogens with zero attached hydrogens (tertiary/aromatic N) is 3. The molecule has 3 nitrogen and oxygen atoms in total. The molecule has 1 aromatic heterocycles. The fraction of sp³-hybridized carbons (Fsp3) is 0.0577. The van der Waals surface area contributed by atoms with Crippen LogP contribution in [-0.2, 0) is 5.41 Å². The normalized spacial score (nSPS) is 13.1. The van der Waals surface area contributed by atoms with Gasteiger partial charge < -0.3 is 0 Å². The van der Waals surface area contributed by atoms with Gasteiger partial charge in [0.1, 0.15) is 0 Å². The van der Waals surface area contributed by atoms with Crippen molar-refractivity contribution in [2.45, 2.75) is 19.3 Å². The highest BCUT2D eigenvalue weighted by Gasteiger charge is 2.35.